The molecule has 0 amide bonds. The fourth-order valence-corrected chi connectivity index (χ4v) is 2.65. The van der Waals surface area contributed by atoms with Crippen molar-refractivity contribution in [1.29, 1.82) is 0 Å². The summed E-state index contributed by atoms with van der Waals surface area (Å²) in [7, 11) is 0. The highest BCUT2D eigenvalue weighted by molar-refractivity contribution is 4.81. The predicted molar refractivity (Wildman–Crippen MR) is 99.7 cm³/mol. The summed E-state index contributed by atoms with van der Waals surface area (Å²) in [5.41, 5.74) is 0.512. The molecule has 0 saturated carbocycles. The summed E-state index contributed by atoms with van der Waals surface area (Å²) in [6.07, 6.45) is 0. The van der Waals surface area contributed by atoms with E-state index in [2.05, 4.69) is 51.3 Å². The molecule has 1 saturated heterocycles. The Morgan fingerprint density at radius 1 is 0.667 bits per heavy atom. The topological polar surface area (TPSA) is 34.2 Å². The van der Waals surface area contributed by atoms with Crippen molar-refractivity contribution >= 4 is 0 Å². The van der Waals surface area contributed by atoms with Gasteiger partial charge in [-0.1, -0.05) is 20.8 Å². The maximum atomic E-state index is 5.67. The zero-order valence-electron chi connectivity index (χ0n) is 16.9. The van der Waals surface area contributed by atoms with Crippen LogP contribution in [0.15, 0.2) is 0 Å². The minimum absolute atomic E-state index is 0.224. The van der Waals surface area contributed by atoms with Gasteiger partial charge >= 0.3 is 0 Å². The van der Waals surface area contributed by atoms with E-state index >= 15 is 0 Å². The predicted octanol–water partition coefficient (Wildman–Crippen LogP) is 2.50. The van der Waals surface area contributed by atoms with Crippen molar-refractivity contribution in [3.63, 3.8) is 0 Å². The monoisotopic (exact) mass is 344 g/mol. The van der Waals surface area contributed by atoms with Gasteiger partial charge in [0.2, 0.25) is 0 Å². The number of hydrogen-bond donors (Lipinski definition) is 0. The van der Waals surface area contributed by atoms with E-state index in [9.17, 15) is 0 Å². The fourth-order valence-electron chi connectivity index (χ4n) is 2.65. The Hall–Kier alpha value is -0.200. The Balaban J connectivity index is 1.88. The molecule has 0 aromatic rings. The molecule has 0 N–H and O–H groups in total. The fraction of sp³-hybridized carbons (Fsp3) is 1.00. The molecule has 144 valence electrons. The highest BCUT2D eigenvalue weighted by Gasteiger charge is 2.25. The summed E-state index contributed by atoms with van der Waals surface area (Å²) < 4.78 is 16.8. The summed E-state index contributed by atoms with van der Waals surface area (Å²) >= 11 is 0. The first kappa shape index (κ1) is 21.8. The second-order valence-corrected chi connectivity index (χ2v) is 8.84. The Morgan fingerprint density at radius 2 is 1.17 bits per heavy atom. The molecule has 1 rings (SSSR count). The Bertz CT molecular complexity index is 316. The van der Waals surface area contributed by atoms with Gasteiger partial charge in [-0.25, -0.2) is 0 Å². The Kier molecular flexibility index (Phi) is 9.75. The normalized spacial score (nSPS) is 18.2. The summed E-state index contributed by atoms with van der Waals surface area (Å²) in [5, 5.41) is 0. The van der Waals surface area contributed by atoms with Crippen LogP contribution < -0.4 is 0 Å². The van der Waals surface area contributed by atoms with Crippen molar-refractivity contribution in [3.8, 4) is 0 Å². The average Bonchev–Trinajstić information content (AvgIpc) is 2.47. The van der Waals surface area contributed by atoms with Crippen LogP contribution >= 0.6 is 0 Å². The first-order valence-electron chi connectivity index (χ1n) is 9.39. The Labute approximate surface area is 149 Å². The molecule has 0 spiro atoms. The minimum atomic E-state index is 0.224. The zero-order chi connectivity index (χ0) is 18.1. The third-order valence-corrected chi connectivity index (χ3v) is 4.15. The SMILES string of the molecule is CC(C)(C)COCCOCCOCCN1CCN(C(C)(C)C)CC1. The van der Waals surface area contributed by atoms with Gasteiger partial charge in [-0.3, -0.25) is 9.80 Å². The van der Waals surface area contributed by atoms with E-state index in [1.165, 1.54) is 0 Å². The number of ether oxygens (including phenoxy) is 3. The summed E-state index contributed by atoms with van der Waals surface area (Å²) in [5.74, 6) is 0. The van der Waals surface area contributed by atoms with Gasteiger partial charge < -0.3 is 14.2 Å². The second kappa shape index (κ2) is 10.7. The first-order valence-corrected chi connectivity index (χ1v) is 9.39. The maximum absolute atomic E-state index is 5.67. The first-order chi connectivity index (χ1) is 11.2. The van der Waals surface area contributed by atoms with Gasteiger partial charge in [0.05, 0.1) is 39.6 Å². The maximum Gasteiger partial charge on any atom is 0.0701 e. The summed E-state index contributed by atoms with van der Waals surface area (Å²) in [6, 6.07) is 0. The van der Waals surface area contributed by atoms with Gasteiger partial charge in [0.1, 0.15) is 0 Å². The van der Waals surface area contributed by atoms with Crippen LogP contribution in [0.3, 0.4) is 0 Å². The molecule has 0 aromatic heterocycles. The molecule has 24 heavy (non-hydrogen) atoms. The minimum Gasteiger partial charge on any atom is -0.379 e. The van der Waals surface area contributed by atoms with Crippen molar-refractivity contribution < 1.29 is 14.2 Å². The van der Waals surface area contributed by atoms with E-state index in [-0.39, 0.29) is 11.0 Å². The molecule has 0 aromatic carbocycles. The molecule has 1 heterocycles. The molecular weight excluding hydrogens is 304 g/mol. The lowest BCUT2D eigenvalue weighted by Gasteiger charge is -2.42. The van der Waals surface area contributed by atoms with E-state index in [1.807, 2.05) is 0 Å². The van der Waals surface area contributed by atoms with Crippen LogP contribution in [0.5, 0.6) is 0 Å². The quantitative estimate of drug-likeness (QED) is 0.569. The highest BCUT2D eigenvalue weighted by Crippen LogP contribution is 2.15. The molecule has 5 heteroatoms. The van der Waals surface area contributed by atoms with Crippen LogP contribution in [0.25, 0.3) is 0 Å². The molecule has 1 aliphatic rings. The number of piperazine rings is 1. The van der Waals surface area contributed by atoms with E-state index in [1.54, 1.807) is 0 Å². The van der Waals surface area contributed by atoms with E-state index < -0.39 is 0 Å². The zero-order valence-corrected chi connectivity index (χ0v) is 16.9. The molecule has 0 unspecified atom stereocenters. The molecule has 0 bridgehead atoms. The molecular formula is C19H40N2O3. The summed E-state index contributed by atoms with van der Waals surface area (Å²) in [6.45, 7) is 23.2. The van der Waals surface area contributed by atoms with E-state index in [0.717, 1.165) is 45.9 Å². The lowest BCUT2D eigenvalue weighted by atomic mass is 9.99. The molecule has 0 radical (unpaired) electrons. The van der Waals surface area contributed by atoms with E-state index in [0.29, 0.717) is 26.4 Å². The lowest BCUT2D eigenvalue weighted by molar-refractivity contribution is -0.00636. The van der Waals surface area contributed by atoms with Gasteiger partial charge in [0, 0.05) is 38.3 Å². The van der Waals surface area contributed by atoms with E-state index in [4.69, 9.17) is 14.2 Å². The van der Waals surface area contributed by atoms with Gasteiger partial charge in [-0.05, 0) is 26.2 Å². The van der Waals surface area contributed by atoms with Crippen molar-refractivity contribution in [2.75, 3.05) is 72.4 Å². The third-order valence-electron chi connectivity index (χ3n) is 4.15. The third kappa shape index (κ3) is 10.6. The van der Waals surface area contributed by atoms with Crippen LogP contribution in [0.4, 0.5) is 0 Å². The van der Waals surface area contributed by atoms with Crippen LogP contribution in [0.2, 0.25) is 0 Å². The standard InChI is InChI=1S/C19H40N2O3/c1-18(2,3)17-24-16-15-23-14-13-22-12-11-20-7-9-21(10-8-20)19(4,5)6/h7-17H2,1-6H3. The number of hydrogen-bond acceptors (Lipinski definition) is 5. The average molecular weight is 345 g/mol. The molecule has 1 aliphatic heterocycles. The van der Waals surface area contributed by atoms with Crippen LogP contribution in [-0.4, -0.2) is 87.7 Å². The van der Waals surface area contributed by atoms with Crippen molar-refractivity contribution in [2.24, 2.45) is 5.41 Å². The number of rotatable bonds is 10. The molecule has 0 atom stereocenters. The van der Waals surface area contributed by atoms with Crippen molar-refractivity contribution in [2.45, 2.75) is 47.1 Å². The van der Waals surface area contributed by atoms with Crippen LogP contribution in [0, 0.1) is 5.41 Å². The summed E-state index contributed by atoms with van der Waals surface area (Å²) in [4.78, 5) is 5.05. The molecule has 5 nitrogen and oxygen atoms in total. The molecule has 1 fully saturated rings. The smallest absolute Gasteiger partial charge is 0.0701 e. The van der Waals surface area contributed by atoms with Crippen molar-refractivity contribution in [1.82, 2.24) is 9.80 Å². The van der Waals surface area contributed by atoms with Gasteiger partial charge in [0.25, 0.3) is 0 Å². The largest absolute Gasteiger partial charge is 0.379 e. The lowest BCUT2D eigenvalue weighted by Crippen LogP contribution is -2.53. The molecule has 0 aliphatic carbocycles. The van der Waals surface area contributed by atoms with Gasteiger partial charge in [0.15, 0.2) is 0 Å². The van der Waals surface area contributed by atoms with Crippen molar-refractivity contribution in [3.05, 3.63) is 0 Å². The number of nitrogens with zero attached hydrogens (tertiary/aromatic N) is 2. The second-order valence-electron chi connectivity index (χ2n) is 8.84. The van der Waals surface area contributed by atoms with Crippen LogP contribution in [-0.2, 0) is 14.2 Å². The van der Waals surface area contributed by atoms with Crippen LogP contribution in [0.1, 0.15) is 41.5 Å². The highest BCUT2D eigenvalue weighted by atomic mass is 16.5. The van der Waals surface area contributed by atoms with Gasteiger partial charge in [-0.15, -0.1) is 0 Å². The van der Waals surface area contributed by atoms with Gasteiger partial charge in [-0.2, -0.15) is 0 Å². The Morgan fingerprint density at radius 3 is 1.67 bits per heavy atom.